The normalized spacial score (nSPS) is 9.94. The minimum atomic E-state index is -0.850. The average molecular weight is 238 g/mol. The van der Waals surface area contributed by atoms with E-state index < -0.39 is 11.9 Å². The van der Waals surface area contributed by atoms with Gasteiger partial charge in [-0.1, -0.05) is 6.07 Å². The number of hydrogen-bond donors (Lipinski definition) is 2. The molecule has 0 saturated heterocycles. The molecule has 0 saturated carbocycles. The lowest BCUT2D eigenvalue weighted by molar-refractivity contribution is -0.137. The van der Waals surface area contributed by atoms with E-state index in [0.717, 1.165) is 5.56 Å². The van der Waals surface area contributed by atoms with Crippen molar-refractivity contribution in [2.24, 2.45) is 0 Å². The van der Waals surface area contributed by atoms with Gasteiger partial charge in [-0.25, -0.2) is 4.79 Å². The number of phenolic OH excluding ortho intramolecular Hbond substituents is 1. The first kappa shape index (κ1) is 13.0. The molecule has 92 valence electrons. The molecule has 5 heteroatoms. The van der Waals surface area contributed by atoms with E-state index in [9.17, 15) is 14.7 Å². The van der Waals surface area contributed by atoms with Gasteiger partial charge in [0, 0.05) is 6.42 Å². The highest BCUT2D eigenvalue weighted by atomic mass is 16.5. The van der Waals surface area contributed by atoms with Crippen LogP contribution in [-0.4, -0.2) is 29.3 Å². The molecular weight excluding hydrogens is 224 g/mol. The zero-order valence-corrected chi connectivity index (χ0v) is 9.47. The smallest absolute Gasteiger partial charge is 0.341 e. The van der Waals surface area contributed by atoms with E-state index >= 15 is 0 Å². The molecule has 0 spiro atoms. The largest absolute Gasteiger partial charge is 0.507 e. The summed E-state index contributed by atoms with van der Waals surface area (Å²) in [5.41, 5.74) is 0.893. The maximum atomic E-state index is 11.3. The predicted octanol–water partition coefficient (Wildman–Crippen LogP) is 1.59. The Morgan fingerprint density at radius 1 is 1.35 bits per heavy atom. The molecule has 0 radical (unpaired) electrons. The van der Waals surface area contributed by atoms with Crippen LogP contribution >= 0.6 is 0 Å². The topological polar surface area (TPSA) is 83.8 Å². The molecule has 1 rings (SSSR count). The van der Waals surface area contributed by atoms with E-state index in [1.165, 1.54) is 19.2 Å². The minimum Gasteiger partial charge on any atom is -0.507 e. The monoisotopic (exact) mass is 238 g/mol. The summed E-state index contributed by atoms with van der Waals surface area (Å²) in [6.45, 7) is 0. The highest BCUT2D eigenvalue weighted by molar-refractivity contribution is 5.92. The maximum absolute atomic E-state index is 11.3. The van der Waals surface area contributed by atoms with E-state index in [2.05, 4.69) is 4.74 Å². The molecule has 0 aromatic heterocycles. The van der Waals surface area contributed by atoms with Crippen LogP contribution in [0.1, 0.15) is 28.8 Å². The third kappa shape index (κ3) is 3.79. The lowest BCUT2D eigenvalue weighted by Crippen LogP contribution is -2.03. The molecule has 2 N–H and O–H groups in total. The number of carboxylic acid groups (broad SMARTS) is 1. The molecule has 5 nitrogen and oxygen atoms in total. The Kier molecular flexibility index (Phi) is 4.51. The molecule has 0 atom stereocenters. The molecule has 0 amide bonds. The van der Waals surface area contributed by atoms with Crippen molar-refractivity contribution in [2.75, 3.05) is 7.11 Å². The number of aryl methyl sites for hydroxylation is 1. The summed E-state index contributed by atoms with van der Waals surface area (Å²) >= 11 is 0. The Bertz CT molecular complexity index is 425. The van der Waals surface area contributed by atoms with Gasteiger partial charge < -0.3 is 14.9 Å². The summed E-state index contributed by atoms with van der Waals surface area (Å²) in [5, 5.41) is 18.0. The first-order chi connectivity index (χ1) is 8.04. The van der Waals surface area contributed by atoms with E-state index in [1.807, 2.05) is 0 Å². The van der Waals surface area contributed by atoms with Crippen LogP contribution in [0.3, 0.4) is 0 Å². The van der Waals surface area contributed by atoms with Crippen molar-refractivity contribution < 1.29 is 24.5 Å². The van der Waals surface area contributed by atoms with Crippen LogP contribution in [0.5, 0.6) is 5.75 Å². The molecule has 0 heterocycles. The van der Waals surface area contributed by atoms with E-state index in [1.54, 1.807) is 6.07 Å². The molecule has 1 aromatic rings. The van der Waals surface area contributed by atoms with Crippen molar-refractivity contribution in [2.45, 2.75) is 19.3 Å². The fourth-order valence-electron chi connectivity index (χ4n) is 1.46. The van der Waals surface area contributed by atoms with Crippen LogP contribution in [0.4, 0.5) is 0 Å². The fourth-order valence-corrected chi connectivity index (χ4v) is 1.46. The second-order valence-corrected chi connectivity index (χ2v) is 3.59. The van der Waals surface area contributed by atoms with Gasteiger partial charge in [-0.15, -0.1) is 0 Å². The number of aromatic hydroxyl groups is 1. The zero-order valence-electron chi connectivity index (χ0n) is 9.47. The highest BCUT2D eigenvalue weighted by Gasteiger charge is 2.12. The maximum Gasteiger partial charge on any atom is 0.341 e. The highest BCUT2D eigenvalue weighted by Crippen LogP contribution is 2.20. The SMILES string of the molecule is COC(=O)c1cc(CCCC(=O)O)ccc1O. The molecule has 0 fully saturated rings. The number of rotatable bonds is 5. The van der Waals surface area contributed by atoms with Gasteiger partial charge in [-0.2, -0.15) is 0 Å². The zero-order chi connectivity index (χ0) is 12.8. The van der Waals surface area contributed by atoms with Gasteiger partial charge in [0.15, 0.2) is 0 Å². The van der Waals surface area contributed by atoms with Gasteiger partial charge >= 0.3 is 11.9 Å². The fraction of sp³-hybridized carbons (Fsp3) is 0.333. The number of phenols is 1. The third-order valence-corrected chi connectivity index (χ3v) is 2.32. The summed E-state index contributed by atoms with van der Waals surface area (Å²) in [5.74, 6) is -1.60. The Labute approximate surface area is 98.6 Å². The van der Waals surface area contributed by atoms with E-state index in [0.29, 0.717) is 12.8 Å². The van der Waals surface area contributed by atoms with Gasteiger partial charge in [0.1, 0.15) is 11.3 Å². The molecular formula is C12H14O5. The predicted molar refractivity (Wildman–Crippen MR) is 60.0 cm³/mol. The van der Waals surface area contributed by atoms with Gasteiger partial charge in [-0.05, 0) is 30.5 Å². The van der Waals surface area contributed by atoms with Crippen LogP contribution in [0.25, 0.3) is 0 Å². The lowest BCUT2D eigenvalue weighted by Gasteiger charge is -2.05. The van der Waals surface area contributed by atoms with Crippen LogP contribution < -0.4 is 0 Å². The van der Waals surface area contributed by atoms with Crippen LogP contribution in [0, 0.1) is 0 Å². The lowest BCUT2D eigenvalue weighted by atomic mass is 10.0. The Morgan fingerprint density at radius 3 is 2.65 bits per heavy atom. The minimum absolute atomic E-state index is 0.0778. The Morgan fingerprint density at radius 2 is 2.06 bits per heavy atom. The molecule has 0 aliphatic rings. The number of hydrogen-bond acceptors (Lipinski definition) is 4. The van der Waals surface area contributed by atoms with Gasteiger partial charge in [-0.3, -0.25) is 4.79 Å². The summed E-state index contributed by atoms with van der Waals surface area (Å²) in [6.07, 6.45) is 1.10. The Balaban J connectivity index is 2.75. The quantitative estimate of drug-likeness (QED) is 0.761. The summed E-state index contributed by atoms with van der Waals surface area (Å²) in [7, 11) is 1.23. The molecule has 0 aliphatic carbocycles. The number of ether oxygens (including phenoxy) is 1. The van der Waals surface area contributed by atoms with Crippen molar-refractivity contribution >= 4 is 11.9 Å². The average Bonchev–Trinajstić information content (AvgIpc) is 2.30. The first-order valence-corrected chi connectivity index (χ1v) is 5.16. The number of carbonyl (C=O) groups excluding carboxylic acids is 1. The second kappa shape index (κ2) is 5.89. The molecule has 0 aliphatic heterocycles. The molecule has 1 aromatic carbocycles. The number of carboxylic acids is 1. The van der Waals surface area contributed by atoms with Crippen LogP contribution in [-0.2, 0) is 16.0 Å². The van der Waals surface area contributed by atoms with Crippen LogP contribution in [0.2, 0.25) is 0 Å². The van der Waals surface area contributed by atoms with Crippen molar-refractivity contribution in [3.63, 3.8) is 0 Å². The van der Waals surface area contributed by atoms with Crippen molar-refractivity contribution in [1.82, 2.24) is 0 Å². The number of aliphatic carboxylic acids is 1. The Hall–Kier alpha value is -2.04. The van der Waals surface area contributed by atoms with Gasteiger partial charge in [0.2, 0.25) is 0 Å². The van der Waals surface area contributed by atoms with Crippen molar-refractivity contribution in [1.29, 1.82) is 0 Å². The van der Waals surface area contributed by atoms with Gasteiger partial charge in [0.05, 0.1) is 7.11 Å². The molecule has 0 bridgehead atoms. The van der Waals surface area contributed by atoms with Gasteiger partial charge in [0.25, 0.3) is 0 Å². The summed E-state index contributed by atoms with van der Waals surface area (Å²) in [6, 6.07) is 4.58. The van der Waals surface area contributed by atoms with E-state index in [-0.39, 0.29) is 17.7 Å². The van der Waals surface area contributed by atoms with Crippen LogP contribution in [0.15, 0.2) is 18.2 Å². The standard InChI is InChI=1S/C12H14O5/c1-17-12(16)9-7-8(5-6-10(9)13)3-2-4-11(14)15/h5-7,13H,2-4H2,1H3,(H,14,15). The molecule has 17 heavy (non-hydrogen) atoms. The number of carbonyl (C=O) groups is 2. The second-order valence-electron chi connectivity index (χ2n) is 3.59. The number of esters is 1. The summed E-state index contributed by atoms with van der Waals surface area (Å²) < 4.78 is 4.52. The van der Waals surface area contributed by atoms with E-state index in [4.69, 9.17) is 5.11 Å². The van der Waals surface area contributed by atoms with Crippen molar-refractivity contribution in [3.8, 4) is 5.75 Å². The number of benzene rings is 1. The molecule has 0 unspecified atom stereocenters. The van der Waals surface area contributed by atoms with Crippen molar-refractivity contribution in [3.05, 3.63) is 29.3 Å². The third-order valence-electron chi connectivity index (χ3n) is 2.32. The summed E-state index contributed by atoms with van der Waals surface area (Å²) in [4.78, 5) is 21.6. The first-order valence-electron chi connectivity index (χ1n) is 5.16. The number of methoxy groups -OCH3 is 1.